The van der Waals surface area contributed by atoms with Crippen molar-refractivity contribution in [1.82, 2.24) is 0 Å². The van der Waals surface area contributed by atoms with Gasteiger partial charge in [0.2, 0.25) is 0 Å². The quantitative estimate of drug-likeness (QED) is 0.461. The summed E-state index contributed by atoms with van der Waals surface area (Å²) in [5.74, 6) is -0.547. The van der Waals surface area contributed by atoms with Crippen LogP contribution in [0.25, 0.3) is 0 Å². The summed E-state index contributed by atoms with van der Waals surface area (Å²) in [6.07, 6.45) is 2.55. The standard InChI is InChI=1S/C21H30NO3P/c1-4-16-24-26(23,25-17-5-2)21(19-10-8-7-9-11-19)22-20-14-12-18(6-3)13-15-20/h7-15,21-22H,4-6,16-17H2,1-3H3/t21-/m0/s1. The predicted molar refractivity (Wildman–Crippen MR) is 109 cm³/mol. The third-order valence-corrected chi connectivity index (χ3v) is 6.19. The summed E-state index contributed by atoms with van der Waals surface area (Å²) >= 11 is 0. The fourth-order valence-electron chi connectivity index (χ4n) is 2.60. The second-order valence-corrected chi connectivity index (χ2v) is 8.33. The number of hydrogen-bond acceptors (Lipinski definition) is 4. The number of nitrogens with one attached hydrogen (secondary N) is 1. The second kappa shape index (κ2) is 10.5. The second-order valence-electron chi connectivity index (χ2n) is 6.21. The van der Waals surface area contributed by atoms with Crippen molar-refractivity contribution >= 4 is 13.3 Å². The van der Waals surface area contributed by atoms with E-state index in [9.17, 15) is 4.57 Å². The van der Waals surface area contributed by atoms with Crippen LogP contribution in [0.15, 0.2) is 54.6 Å². The van der Waals surface area contributed by atoms with Crippen molar-refractivity contribution in [3.8, 4) is 0 Å². The number of rotatable bonds is 11. The molecule has 0 heterocycles. The molecule has 142 valence electrons. The zero-order chi connectivity index (χ0) is 18.8. The molecule has 2 aromatic rings. The highest BCUT2D eigenvalue weighted by Crippen LogP contribution is 2.61. The van der Waals surface area contributed by atoms with Gasteiger partial charge in [0.1, 0.15) is 0 Å². The van der Waals surface area contributed by atoms with Crippen molar-refractivity contribution < 1.29 is 13.6 Å². The lowest BCUT2D eigenvalue weighted by Crippen LogP contribution is -2.16. The monoisotopic (exact) mass is 375 g/mol. The average molecular weight is 375 g/mol. The summed E-state index contributed by atoms with van der Waals surface area (Å²) in [7, 11) is -3.38. The third kappa shape index (κ3) is 5.70. The summed E-state index contributed by atoms with van der Waals surface area (Å²) in [5, 5.41) is 3.39. The van der Waals surface area contributed by atoms with Gasteiger partial charge in [-0.25, -0.2) is 0 Å². The molecule has 0 unspecified atom stereocenters. The molecular weight excluding hydrogens is 345 g/mol. The maximum absolute atomic E-state index is 13.7. The SMILES string of the molecule is CCCOP(=O)(OCCC)[C@H](Nc1ccc(CC)cc1)c1ccccc1. The van der Waals surface area contributed by atoms with Crippen LogP contribution in [0, 0.1) is 0 Å². The molecule has 0 fully saturated rings. The van der Waals surface area contributed by atoms with Gasteiger partial charge in [-0.15, -0.1) is 0 Å². The van der Waals surface area contributed by atoms with Gasteiger partial charge in [0, 0.05) is 5.69 Å². The molecule has 0 aromatic heterocycles. The summed E-state index contributed by atoms with van der Waals surface area (Å²) in [6, 6.07) is 17.9. The Morgan fingerprint density at radius 1 is 0.885 bits per heavy atom. The van der Waals surface area contributed by atoms with Crippen molar-refractivity contribution in [3.05, 3.63) is 65.7 Å². The molecule has 2 rings (SSSR count). The first-order chi connectivity index (χ1) is 12.6. The van der Waals surface area contributed by atoms with E-state index in [1.807, 2.05) is 56.3 Å². The van der Waals surface area contributed by atoms with E-state index in [0.717, 1.165) is 30.5 Å². The van der Waals surface area contributed by atoms with Gasteiger partial charge in [0.05, 0.1) is 13.2 Å². The van der Waals surface area contributed by atoms with Crippen LogP contribution in [0.3, 0.4) is 0 Å². The number of anilines is 1. The molecule has 0 aliphatic heterocycles. The Hall–Kier alpha value is -1.61. The smallest absolute Gasteiger partial charge is 0.357 e. The Morgan fingerprint density at radius 3 is 1.96 bits per heavy atom. The van der Waals surface area contributed by atoms with Crippen molar-refractivity contribution in [1.29, 1.82) is 0 Å². The zero-order valence-electron chi connectivity index (χ0n) is 16.0. The molecule has 0 saturated carbocycles. The van der Waals surface area contributed by atoms with Gasteiger partial charge < -0.3 is 14.4 Å². The van der Waals surface area contributed by atoms with Crippen LogP contribution in [0.1, 0.15) is 50.5 Å². The van der Waals surface area contributed by atoms with E-state index in [4.69, 9.17) is 9.05 Å². The van der Waals surface area contributed by atoms with Crippen LogP contribution in [-0.4, -0.2) is 13.2 Å². The van der Waals surface area contributed by atoms with E-state index in [0.29, 0.717) is 13.2 Å². The molecule has 0 amide bonds. The predicted octanol–water partition coefficient (Wildman–Crippen LogP) is 6.41. The van der Waals surface area contributed by atoms with E-state index >= 15 is 0 Å². The van der Waals surface area contributed by atoms with Crippen LogP contribution in [-0.2, 0) is 20.0 Å². The van der Waals surface area contributed by atoms with E-state index in [-0.39, 0.29) is 0 Å². The fourth-order valence-corrected chi connectivity index (χ4v) is 4.69. The minimum atomic E-state index is -3.38. The maximum atomic E-state index is 13.7. The highest BCUT2D eigenvalue weighted by molar-refractivity contribution is 7.54. The van der Waals surface area contributed by atoms with Crippen molar-refractivity contribution in [2.75, 3.05) is 18.5 Å². The van der Waals surface area contributed by atoms with E-state index in [2.05, 4.69) is 24.4 Å². The molecule has 5 heteroatoms. The van der Waals surface area contributed by atoms with Crippen LogP contribution >= 0.6 is 7.60 Å². The Morgan fingerprint density at radius 2 is 1.46 bits per heavy atom. The van der Waals surface area contributed by atoms with Gasteiger partial charge in [0.15, 0.2) is 5.78 Å². The van der Waals surface area contributed by atoms with Crippen LogP contribution in [0.2, 0.25) is 0 Å². The maximum Gasteiger partial charge on any atom is 0.357 e. The first-order valence-electron chi connectivity index (χ1n) is 9.42. The van der Waals surface area contributed by atoms with Gasteiger partial charge in [0.25, 0.3) is 0 Å². The van der Waals surface area contributed by atoms with E-state index in [1.54, 1.807) is 0 Å². The van der Waals surface area contributed by atoms with Crippen LogP contribution < -0.4 is 5.32 Å². The van der Waals surface area contributed by atoms with Crippen molar-refractivity contribution in [2.45, 2.75) is 45.8 Å². The summed E-state index contributed by atoms with van der Waals surface area (Å²) in [4.78, 5) is 0. The van der Waals surface area contributed by atoms with Gasteiger partial charge in [-0.2, -0.15) is 0 Å². The lowest BCUT2D eigenvalue weighted by molar-refractivity contribution is 0.199. The largest absolute Gasteiger partial charge is 0.368 e. The molecule has 4 nitrogen and oxygen atoms in total. The highest BCUT2D eigenvalue weighted by atomic mass is 31.2. The molecule has 0 saturated heterocycles. The number of benzene rings is 2. The van der Waals surface area contributed by atoms with E-state index in [1.165, 1.54) is 5.56 Å². The van der Waals surface area contributed by atoms with Gasteiger partial charge in [-0.3, -0.25) is 4.57 Å². The zero-order valence-corrected chi connectivity index (χ0v) is 16.9. The van der Waals surface area contributed by atoms with Gasteiger partial charge >= 0.3 is 7.60 Å². The number of hydrogen-bond donors (Lipinski definition) is 1. The van der Waals surface area contributed by atoms with Crippen LogP contribution in [0.5, 0.6) is 0 Å². The highest BCUT2D eigenvalue weighted by Gasteiger charge is 2.37. The molecule has 0 bridgehead atoms. The Labute approximate surface area is 157 Å². The first kappa shape index (κ1) is 20.7. The Balaban J connectivity index is 2.35. The van der Waals surface area contributed by atoms with E-state index < -0.39 is 13.4 Å². The van der Waals surface area contributed by atoms with Gasteiger partial charge in [-0.1, -0.05) is 63.2 Å². The summed E-state index contributed by atoms with van der Waals surface area (Å²) < 4.78 is 25.2. The summed E-state index contributed by atoms with van der Waals surface area (Å²) in [5.41, 5.74) is 3.05. The van der Waals surface area contributed by atoms with Crippen molar-refractivity contribution in [2.24, 2.45) is 0 Å². The molecule has 1 N–H and O–H groups in total. The van der Waals surface area contributed by atoms with Crippen LogP contribution in [0.4, 0.5) is 5.69 Å². The molecule has 0 spiro atoms. The topological polar surface area (TPSA) is 47.6 Å². The summed E-state index contributed by atoms with van der Waals surface area (Å²) in [6.45, 7) is 6.93. The molecule has 0 radical (unpaired) electrons. The van der Waals surface area contributed by atoms with Gasteiger partial charge in [-0.05, 0) is 42.5 Å². The minimum absolute atomic E-state index is 0.404. The Bertz CT molecular complexity index is 676. The lowest BCUT2D eigenvalue weighted by atomic mass is 10.1. The fraction of sp³-hybridized carbons (Fsp3) is 0.429. The first-order valence-corrected chi connectivity index (χ1v) is 11.0. The molecule has 0 aliphatic carbocycles. The number of aryl methyl sites for hydroxylation is 1. The molecule has 1 atom stereocenters. The molecule has 2 aromatic carbocycles. The molecule has 26 heavy (non-hydrogen) atoms. The third-order valence-electron chi connectivity index (χ3n) is 4.05. The minimum Gasteiger partial charge on any atom is -0.368 e. The Kier molecular flexibility index (Phi) is 8.37. The normalized spacial score (nSPS) is 12.7. The molecular formula is C21H30NO3P. The van der Waals surface area contributed by atoms with Crippen molar-refractivity contribution in [3.63, 3.8) is 0 Å². The lowest BCUT2D eigenvalue weighted by Gasteiger charge is -2.28. The molecule has 0 aliphatic rings. The average Bonchev–Trinajstić information content (AvgIpc) is 2.70.